The normalized spacial score (nSPS) is 15.9. The van der Waals surface area contributed by atoms with Gasteiger partial charge in [-0.05, 0) is 23.8 Å². The van der Waals surface area contributed by atoms with E-state index in [4.69, 9.17) is 9.84 Å². The van der Waals surface area contributed by atoms with Crippen molar-refractivity contribution < 1.29 is 23.8 Å². The highest BCUT2D eigenvalue weighted by molar-refractivity contribution is 5.87. The number of nitrogens with one attached hydrogen (secondary N) is 1. The van der Waals surface area contributed by atoms with Gasteiger partial charge in [0, 0.05) is 25.2 Å². The SMILES string of the molecule is O=C(O)c1ccc(CNC(=O)[C@H](c2ccccc2F)N2CCOCC2)cc1. The van der Waals surface area contributed by atoms with E-state index in [0.717, 1.165) is 5.56 Å². The van der Waals surface area contributed by atoms with Gasteiger partial charge in [0.15, 0.2) is 0 Å². The second kappa shape index (κ2) is 8.75. The molecule has 1 amide bonds. The van der Waals surface area contributed by atoms with E-state index in [-0.39, 0.29) is 18.0 Å². The minimum absolute atomic E-state index is 0.183. The average Bonchev–Trinajstić information content (AvgIpc) is 2.69. The van der Waals surface area contributed by atoms with Crippen molar-refractivity contribution in [3.05, 3.63) is 71.0 Å². The molecule has 0 aliphatic carbocycles. The Morgan fingerprint density at radius 1 is 1.11 bits per heavy atom. The van der Waals surface area contributed by atoms with E-state index in [1.54, 1.807) is 30.3 Å². The number of amides is 1. The topological polar surface area (TPSA) is 78.9 Å². The van der Waals surface area contributed by atoms with Crippen LogP contribution in [0, 0.1) is 5.82 Å². The lowest BCUT2D eigenvalue weighted by Gasteiger charge is -2.34. The fourth-order valence-corrected chi connectivity index (χ4v) is 3.09. The van der Waals surface area contributed by atoms with Crippen LogP contribution in [0.2, 0.25) is 0 Å². The average molecular weight is 372 g/mol. The number of nitrogens with zero attached hydrogens (tertiary/aromatic N) is 1. The Morgan fingerprint density at radius 3 is 2.41 bits per heavy atom. The van der Waals surface area contributed by atoms with Crippen LogP contribution >= 0.6 is 0 Å². The van der Waals surface area contributed by atoms with Gasteiger partial charge < -0.3 is 15.2 Å². The van der Waals surface area contributed by atoms with Gasteiger partial charge in [0.25, 0.3) is 0 Å². The van der Waals surface area contributed by atoms with Gasteiger partial charge in [-0.1, -0.05) is 30.3 Å². The highest BCUT2D eigenvalue weighted by Crippen LogP contribution is 2.24. The van der Waals surface area contributed by atoms with Crippen LogP contribution in [-0.4, -0.2) is 48.2 Å². The van der Waals surface area contributed by atoms with Crippen LogP contribution in [0.3, 0.4) is 0 Å². The van der Waals surface area contributed by atoms with Crippen LogP contribution in [-0.2, 0) is 16.1 Å². The molecule has 1 aliphatic heterocycles. The van der Waals surface area contributed by atoms with Crippen LogP contribution in [0.4, 0.5) is 4.39 Å². The zero-order valence-electron chi connectivity index (χ0n) is 14.7. The number of rotatable bonds is 6. The molecule has 2 N–H and O–H groups in total. The molecule has 0 aromatic heterocycles. The van der Waals surface area contributed by atoms with Crippen molar-refractivity contribution >= 4 is 11.9 Å². The molecule has 7 heteroatoms. The van der Waals surface area contributed by atoms with Crippen molar-refractivity contribution in [2.75, 3.05) is 26.3 Å². The monoisotopic (exact) mass is 372 g/mol. The summed E-state index contributed by atoms with van der Waals surface area (Å²) >= 11 is 0. The van der Waals surface area contributed by atoms with Crippen molar-refractivity contribution in [3.63, 3.8) is 0 Å². The van der Waals surface area contributed by atoms with Gasteiger partial charge >= 0.3 is 5.97 Å². The number of halogens is 1. The highest BCUT2D eigenvalue weighted by Gasteiger charge is 2.30. The molecular weight excluding hydrogens is 351 g/mol. The number of morpholine rings is 1. The minimum atomic E-state index is -1.00. The predicted octanol–water partition coefficient (Wildman–Crippen LogP) is 2.21. The first-order valence-electron chi connectivity index (χ1n) is 8.72. The fraction of sp³-hybridized carbons (Fsp3) is 0.300. The summed E-state index contributed by atoms with van der Waals surface area (Å²) < 4.78 is 19.7. The van der Waals surface area contributed by atoms with Crippen molar-refractivity contribution in [2.24, 2.45) is 0 Å². The molecule has 2 aromatic carbocycles. The summed E-state index contributed by atoms with van der Waals surface area (Å²) in [5.74, 6) is -1.73. The number of hydrogen-bond acceptors (Lipinski definition) is 4. The second-order valence-electron chi connectivity index (χ2n) is 6.29. The summed E-state index contributed by atoms with van der Waals surface area (Å²) in [5, 5.41) is 11.8. The fourth-order valence-electron chi connectivity index (χ4n) is 3.09. The van der Waals surface area contributed by atoms with E-state index in [9.17, 15) is 14.0 Å². The van der Waals surface area contributed by atoms with Gasteiger partial charge in [-0.25, -0.2) is 9.18 Å². The molecule has 6 nitrogen and oxygen atoms in total. The molecule has 0 spiro atoms. The summed E-state index contributed by atoms with van der Waals surface area (Å²) in [6.45, 7) is 2.30. The summed E-state index contributed by atoms with van der Waals surface area (Å²) in [7, 11) is 0. The Kier molecular flexibility index (Phi) is 6.16. The summed E-state index contributed by atoms with van der Waals surface area (Å²) in [6, 6.07) is 11.8. The van der Waals surface area contributed by atoms with E-state index in [1.807, 2.05) is 4.90 Å². The zero-order chi connectivity index (χ0) is 19.2. The van der Waals surface area contributed by atoms with Gasteiger partial charge in [0.05, 0.1) is 18.8 Å². The molecule has 0 bridgehead atoms. The smallest absolute Gasteiger partial charge is 0.335 e. The third kappa shape index (κ3) is 4.69. The summed E-state index contributed by atoms with van der Waals surface area (Å²) in [6.07, 6.45) is 0. The lowest BCUT2D eigenvalue weighted by Crippen LogP contribution is -2.46. The highest BCUT2D eigenvalue weighted by atomic mass is 19.1. The molecule has 1 atom stereocenters. The van der Waals surface area contributed by atoms with Crippen molar-refractivity contribution in [1.29, 1.82) is 0 Å². The van der Waals surface area contributed by atoms with Crippen LogP contribution < -0.4 is 5.32 Å². The lowest BCUT2D eigenvalue weighted by atomic mass is 10.0. The number of carbonyl (C=O) groups excluding carboxylic acids is 1. The van der Waals surface area contributed by atoms with Crippen LogP contribution in [0.15, 0.2) is 48.5 Å². The third-order valence-electron chi connectivity index (χ3n) is 4.53. The maximum Gasteiger partial charge on any atom is 0.335 e. The van der Waals surface area contributed by atoms with Gasteiger partial charge in [-0.15, -0.1) is 0 Å². The minimum Gasteiger partial charge on any atom is -0.478 e. The molecular formula is C20H21FN2O4. The van der Waals surface area contributed by atoms with Gasteiger partial charge in [0.2, 0.25) is 5.91 Å². The maximum atomic E-state index is 14.3. The second-order valence-corrected chi connectivity index (χ2v) is 6.29. The van der Waals surface area contributed by atoms with E-state index < -0.39 is 17.8 Å². The molecule has 0 radical (unpaired) electrons. The zero-order valence-corrected chi connectivity index (χ0v) is 14.7. The predicted molar refractivity (Wildman–Crippen MR) is 96.8 cm³/mol. The number of ether oxygens (including phenoxy) is 1. The lowest BCUT2D eigenvalue weighted by molar-refractivity contribution is -0.128. The molecule has 1 saturated heterocycles. The summed E-state index contributed by atoms with van der Waals surface area (Å²) in [5.41, 5.74) is 1.28. The molecule has 0 unspecified atom stereocenters. The summed E-state index contributed by atoms with van der Waals surface area (Å²) in [4.78, 5) is 25.7. The Hall–Kier alpha value is -2.77. The molecule has 3 rings (SSSR count). The molecule has 1 fully saturated rings. The molecule has 1 aliphatic rings. The Morgan fingerprint density at radius 2 is 1.78 bits per heavy atom. The largest absolute Gasteiger partial charge is 0.478 e. The van der Waals surface area contributed by atoms with E-state index in [2.05, 4.69) is 5.32 Å². The maximum absolute atomic E-state index is 14.3. The van der Waals surface area contributed by atoms with E-state index >= 15 is 0 Å². The van der Waals surface area contributed by atoms with Crippen LogP contribution in [0.1, 0.15) is 27.5 Å². The Labute approximate surface area is 156 Å². The van der Waals surface area contributed by atoms with Gasteiger partial charge in [-0.3, -0.25) is 9.69 Å². The first kappa shape index (κ1) is 19.0. The number of aromatic carboxylic acids is 1. The quantitative estimate of drug-likeness (QED) is 0.813. The van der Waals surface area contributed by atoms with Crippen molar-refractivity contribution in [3.8, 4) is 0 Å². The number of hydrogen-bond donors (Lipinski definition) is 2. The number of carboxylic acid groups (broad SMARTS) is 1. The number of benzene rings is 2. The van der Waals surface area contributed by atoms with Crippen molar-refractivity contribution in [2.45, 2.75) is 12.6 Å². The Bertz CT molecular complexity index is 804. The van der Waals surface area contributed by atoms with Crippen LogP contribution in [0.25, 0.3) is 0 Å². The Balaban J connectivity index is 1.74. The molecule has 0 saturated carbocycles. The number of carbonyl (C=O) groups is 2. The first-order valence-corrected chi connectivity index (χ1v) is 8.72. The first-order chi connectivity index (χ1) is 13.1. The standard InChI is InChI=1S/C20H21FN2O4/c21-17-4-2-1-3-16(17)18(23-9-11-27-12-10-23)19(24)22-13-14-5-7-15(8-6-14)20(25)26/h1-8,18H,9-13H2,(H,22,24)(H,25,26)/t18-/m0/s1. The third-order valence-corrected chi connectivity index (χ3v) is 4.53. The molecule has 142 valence electrons. The van der Waals surface area contributed by atoms with E-state index in [1.165, 1.54) is 18.2 Å². The van der Waals surface area contributed by atoms with Gasteiger partial charge in [-0.2, -0.15) is 0 Å². The van der Waals surface area contributed by atoms with Crippen LogP contribution in [0.5, 0.6) is 0 Å². The van der Waals surface area contributed by atoms with Crippen molar-refractivity contribution in [1.82, 2.24) is 10.2 Å². The van der Waals surface area contributed by atoms with Gasteiger partial charge in [0.1, 0.15) is 11.9 Å². The van der Waals surface area contributed by atoms with E-state index in [0.29, 0.717) is 31.9 Å². The molecule has 27 heavy (non-hydrogen) atoms. The molecule has 1 heterocycles. The number of carboxylic acids is 1. The molecule has 2 aromatic rings.